The molecule has 0 spiro atoms. The number of hydrogen-bond donors (Lipinski definition) is 1. The van der Waals surface area contributed by atoms with E-state index in [0.717, 1.165) is 45.6 Å². The Labute approximate surface area is 129 Å². The topological polar surface area (TPSA) is 30.5 Å². The van der Waals surface area contributed by atoms with Crippen LogP contribution >= 0.6 is 0 Å². The summed E-state index contributed by atoms with van der Waals surface area (Å²) in [6.45, 7) is 7.99. The third-order valence-corrected chi connectivity index (χ3v) is 4.12. The average Bonchev–Trinajstić information content (AvgIpc) is 3.05. The van der Waals surface area contributed by atoms with E-state index in [2.05, 4.69) is 49.5 Å². The van der Waals surface area contributed by atoms with Crippen LogP contribution in [-0.4, -0.2) is 32.5 Å². The number of ether oxygens (including phenoxy) is 2. The van der Waals surface area contributed by atoms with Crippen LogP contribution in [0.1, 0.15) is 44.7 Å². The lowest BCUT2D eigenvalue weighted by Gasteiger charge is -2.29. The summed E-state index contributed by atoms with van der Waals surface area (Å²) >= 11 is 0. The van der Waals surface area contributed by atoms with E-state index in [9.17, 15) is 0 Å². The fraction of sp³-hybridized carbons (Fsp3) is 0.667. The summed E-state index contributed by atoms with van der Waals surface area (Å²) in [4.78, 5) is 0. The molecule has 2 rings (SSSR count). The number of hydrogen-bond acceptors (Lipinski definition) is 3. The fourth-order valence-corrected chi connectivity index (χ4v) is 2.85. The maximum absolute atomic E-state index is 6.25. The summed E-state index contributed by atoms with van der Waals surface area (Å²) in [7, 11) is 0. The molecule has 1 heterocycles. The zero-order valence-electron chi connectivity index (χ0n) is 13.4. The van der Waals surface area contributed by atoms with E-state index in [1.54, 1.807) is 0 Å². The molecular weight excluding hydrogens is 262 g/mol. The first-order chi connectivity index (χ1) is 10.3. The second-order valence-electron chi connectivity index (χ2n) is 5.85. The van der Waals surface area contributed by atoms with Gasteiger partial charge < -0.3 is 14.8 Å². The maximum atomic E-state index is 6.25. The Balaban J connectivity index is 1.97. The Bertz CT molecular complexity index is 376. The van der Waals surface area contributed by atoms with E-state index in [1.165, 1.54) is 5.56 Å². The van der Waals surface area contributed by atoms with Crippen LogP contribution in [0.3, 0.4) is 0 Å². The molecular formula is C18H29NO2. The summed E-state index contributed by atoms with van der Waals surface area (Å²) in [5.41, 5.74) is 1.32. The van der Waals surface area contributed by atoms with Gasteiger partial charge in [-0.1, -0.05) is 44.2 Å². The zero-order chi connectivity index (χ0) is 14.9. The first-order valence-corrected chi connectivity index (χ1v) is 8.32. The molecule has 0 bridgehead atoms. The molecule has 1 saturated heterocycles. The van der Waals surface area contributed by atoms with Crippen LogP contribution in [0.25, 0.3) is 0 Å². The Morgan fingerprint density at radius 2 is 2.10 bits per heavy atom. The summed E-state index contributed by atoms with van der Waals surface area (Å²) in [6.07, 6.45) is 3.51. The van der Waals surface area contributed by atoms with Crippen LogP contribution in [0.2, 0.25) is 0 Å². The van der Waals surface area contributed by atoms with Gasteiger partial charge in [0, 0.05) is 12.5 Å². The predicted octanol–water partition coefficient (Wildman–Crippen LogP) is 3.56. The van der Waals surface area contributed by atoms with E-state index in [1.807, 2.05) is 0 Å². The highest BCUT2D eigenvalue weighted by Gasteiger charge is 2.24. The molecule has 1 aliphatic heterocycles. The lowest BCUT2D eigenvalue weighted by atomic mass is 9.99. The summed E-state index contributed by atoms with van der Waals surface area (Å²) in [5, 5.41) is 3.66. The molecule has 0 aromatic heterocycles. The minimum Gasteiger partial charge on any atom is -0.381 e. The molecule has 3 heteroatoms. The molecule has 118 valence electrons. The van der Waals surface area contributed by atoms with Crippen molar-refractivity contribution in [1.82, 2.24) is 5.32 Å². The summed E-state index contributed by atoms with van der Waals surface area (Å²) < 4.78 is 11.7. The number of benzene rings is 1. The van der Waals surface area contributed by atoms with Crippen LogP contribution < -0.4 is 5.32 Å². The van der Waals surface area contributed by atoms with Crippen molar-refractivity contribution in [3.8, 4) is 0 Å². The SMILES string of the molecule is CCCNC(c1ccccc1)C(CC)OCC1CCOC1. The van der Waals surface area contributed by atoms with Crippen LogP contribution in [0.4, 0.5) is 0 Å². The van der Waals surface area contributed by atoms with Crippen molar-refractivity contribution in [2.75, 3.05) is 26.4 Å². The standard InChI is InChI=1S/C18H29NO2/c1-3-11-19-18(16-8-6-5-7-9-16)17(4-2)21-14-15-10-12-20-13-15/h5-9,15,17-19H,3-4,10-14H2,1-2H3. The largest absolute Gasteiger partial charge is 0.381 e. The summed E-state index contributed by atoms with van der Waals surface area (Å²) in [5.74, 6) is 0.571. The smallest absolute Gasteiger partial charge is 0.0767 e. The van der Waals surface area contributed by atoms with Gasteiger partial charge in [-0.25, -0.2) is 0 Å². The quantitative estimate of drug-likeness (QED) is 0.754. The van der Waals surface area contributed by atoms with E-state index >= 15 is 0 Å². The van der Waals surface area contributed by atoms with Gasteiger partial charge in [0.25, 0.3) is 0 Å². The van der Waals surface area contributed by atoms with Gasteiger partial charge in [-0.3, -0.25) is 0 Å². The summed E-state index contributed by atoms with van der Waals surface area (Å²) in [6, 6.07) is 10.9. The molecule has 1 aliphatic rings. The molecule has 0 amide bonds. The second-order valence-corrected chi connectivity index (χ2v) is 5.85. The van der Waals surface area contributed by atoms with Crippen LogP contribution in [0, 0.1) is 5.92 Å². The van der Waals surface area contributed by atoms with Gasteiger partial charge in [0.1, 0.15) is 0 Å². The molecule has 3 atom stereocenters. The molecule has 1 N–H and O–H groups in total. The first kappa shape index (κ1) is 16.5. The van der Waals surface area contributed by atoms with Crippen LogP contribution in [0.5, 0.6) is 0 Å². The van der Waals surface area contributed by atoms with Crippen molar-refractivity contribution >= 4 is 0 Å². The molecule has 21 heavy (non-hydrogen) atoms. The average molecular weight is 291 g/mol. The van der Waals surface area contributed by atoms with Crippen molar-refractivity contribution in [2.45, 2.75) is 45.3 Å². The Morgan fingerprint density at radius 3 is 2.71 bits per heavy atom. The van der Waals surface area contributed by atoms with Gasteiger partial charge in [-0.15, -0.1) is 0 Å². The Hall–Kier alpha value is -0.900. The van der Waals surface area contributed by atoms with Crippen LogP contribution in [-0.2, 0) is 9.47 Å². The normalized spacial score (nSPS) is 21.3. The van der Waals surface area contributed by atoms with Gasteiger partial charge in [0.2, 0.25) is 0 Å². The second kappa shape index (κ2) is 9.19. The minimum atomic E-state index is 0.222. The lowest BCUT2D eigenvalue weighted by molar-refractivity contribution is 0.00146. The molecule has 3 nitrogen and oxygen atoms in total. The Morgan fingerprint density at radius 1 is 1.29 bits per heavy atom. The fourth-order valence-electron chi connectivity index (χ4n) is 2.85. The molecule has 1 aromatic rings. The van der Waals surface area contributed by atoms with E-state index in [0.29, 0.717) is 5.92 Å². The monoisotopic (exact) mass is 291 g/mol. The molecule has 1 aromatic carbocycles. The first-order valence-electron chi connectivity index (χ1n) is 8.32. The third-order valence-electron chi connectivity index (χ3n) is 4.12. The van der Waals surface area contributed by atoms with E-state index in [4.69, 9.17) is 9.47 Å². The molecule has 0 saturated carbocycles. The van der Waals surface area contributed by atoms with Crippen molar-refractivity contribution in [3.05, 3.63) is 35.9 Å². The molecule has 0 radical (unpaired) electrons. The van der Waals surface area contributed by atoms with Gasteiger partial charge in [-0.2, -0.15) is 0 Å². The van der Waals surface area contributed by atoms with Crippen molar-refractivity contribution in [2.24, 2.45) is 5.92 Å². The Kier molecular flexibility index (Phi) is 7.20. The highest BCUT2D eigenvalue weighted by molar-refractivity contribution is 5.20. The minimum absolute atomic E-state index is 0.222. The molecule has 1 fully saturated rings. The highest BCUT2D eigenvalue weighted by Crippen LogP contribution is 2.23. The maximum Gasteiger partial charge on any atom is 0.0767 e. The van der Waals surface area contributed by atoms with Crippen molar-refractivity contribution in [3.63, 3.8) is 0 Å². The zero-order valence-corrected chi connectivity index (χ0v) is 13.4. The molecule has 0 aliphatic carbocycles. The van der Waals surface area contributed by atoms with Crippen LogP contribution in [0.15, 0.2) is 30.3 Å². The highest BCUT2D eigenvalue weighted by atomic mass is 16.5. The number of rotatable bonds is 9. The lowest BCUT2D eigenvalue weighted by Crippen LogP contribution is -2.35. The van der Waals surface area contributed by atoms with Crippen molar-refractivity contribution in [1.29, 1.82) is 0 Å². The van der Waals surface area contributed by atoms with Gasteiger partial charge in [0.15, 0.2) is 0 Å². The third kappa shape index (κ3) is 5.10. The number of nitrogens with one attached hydrogen (secondary N) is 1. The molecule has 3 unspecified atom stereocenters. The van der Waals surface area contributed by atoms with Gasteiger partial charge >= 0.3 is 0 Å². The predicted molar refractivity (Wildman–Crippen MR) is 86.4 cm³/mol. The van der Waals surface area contributed by atoms with E-state index in [-0.39, 0.29) is 12.1 Å². The van der Waals surface area contributed by atoms with Gasteiger partial charge in [-0.05, 0) is 31.4 Å². The van der Waals surface area contributed by atoms with Crippen molar-refractivity contribution < 1.29 is 9.47 Å². The van der Waals surface area contributed by atoms with E-state index < -0.39 is 0 Å². The van der Waals surface area contributed by atoms with Gasteiger partial charge in [0.05, 0.1) is 25.4 Å².